The summed E-state index contributed by atoms with van der Waals surface area (Å²) in [5.74, 6) is 0.203. The minimum Gasteiger partial charge on any atom is -0.306 e. The van der Waals surface area contributed by atoms with Crippen LogP contribution in [0.3, 0.4) is 0 Å². The monoisotopic (exact) mass is 275 g/mol. The molecule has 0 aliphatic rings. The Bertz CT molecular complexity index is 658. The van der Waals surface area contributed by atoms with E-state index < -0.39 is 6.03 Å². The minimum atomic E-state index is -0.511. The van der Waals surface area contributed by atoms with Gasteiger partial charge in [-0.15, -0.1) is 0 Å². The minimum absolute atomic E-state index is 0.203. The lowest BCUT2D eigenvalue weighted by atomic mass is 10.3. The fourth-order valence-corrected chi connectivity index (χ4v) is 1.67. The van der Waals surface area contributed by atoms with E-state index in [9.17, 15) is 4.79 Å². The van der Waals surface area contributed by atoms with Gasteiger partial charge in [-0.1, -0.05) is 23.7 Å². The van der Waals surface area contributed by atoms with Gasteiger partial charge in [-0.05, 0) is 12.1 Å². The summed E-state index contributed by atoms with van der Waals surface area (Å²) in [6, 6.07) is 8.29. The van der Waals surface area contributed by atoms with E-state index in [2.05, 4.69) is 15.7 Å². The quantitative estimate of drug-likeness (QED) is 0.884. The van der Waals surface area contributed by atoms with Gasteiger partial charge in [-0.25, -0.2) is 4.79 Å². The molecule has 0 bridgehead atoms. The van der Waals surface area contributed by atoms with Gasteiger partial charge in [0.25, 0.3) is 0 Å². The van der Waals surface area contributed by atoms with Crippen molar-refractivity contribution >= 4 is 29.1 Å². The van der Waals surface area contributed by atoms with Crippen molar-refractivity contribution in [1.82, 2.24) is 9.78 Å². The van der Waals surface area contributed by atoms with Crippen LogP contribution in [-0.4, -0.2) is 15.8 Å². The molecule has 2 N–H and O–H groups in total. The zero-order chi connectivity index (χ0) is 13.8. The maximum absolute atomic E-state index is 11.8. The number of benzene rings is 1. The molecule has 19 heavy (non-hydrogen) atoms. The lowest BCUT2D eigenvalue weighted by Gasteiger charge is -2.07. The summed E-state index contributed by atoms with van der Waals surface area (Å²) in [5, 5.41) is 18.4. The average Bonchev–Trinajstić information content (AvgIpc) is 2.72. The van der Waals surface area contributed by atoms with Crippen molar-refractivity contribution in [2.24, 2.45) is 7.05 Å². The Balaban J connectivity index is 2.10. The van der Waals surface area contributed by atoms with Gasteiger partial charge in [-0.3, -0.25) is 10.00 Å². The van der Waals surface area contributed by atoms with Gasteiger partial charge in [0.05, 0.1) is 10.7 Å². The molecule has 0 atom stereocenters. The van der Waals surface area contributed by atoms with Crippen molar-refractivity contribution in [3.8, 4) is 6.07 Å². The third-order valence-corrected chi connectivity index (χ3v) is 2.63. The Kier molecular flexibility index (Phi) is 3.68. The molecular formula is C12H10ClN5O. The topological polar surface area (TPSA) is 82.7 Å². The second kappa shape index (κ2) is 5.42. The number of rotatable bonds is 2. The van der Waals surface area contributed by atoms with Crippen molar-refractivity contribution in [2.45, 2.75) is 0 Å². The summed E-state index contributed by atoms with van der Waals surface area (Å²) in [6.07, 6.45) is 1.52. The number of aromatic nitrogens is 2. The fourth-order valence-electron chi connectivity index (χ4n) is 1.49. The number of amides is 2. The second-order valence-corrected chi connectivity index (χ2v) is 4.14. The zero-order valence-electron chi connectivity index (χ0n) is 10.0. The molecule has 2 rings (SSSR count). The molecule has 1 heterocycles. The van der Waals surface area contributed by atoms with Crippen LogP contribution < -0.4 is 10.6 Å². The van der Waals surface area contributed by atoms with E-state index >= 15 is 0 Å². The van der Waals surface area contributed by atoms with Crippen LogP contribution in [0.15, 0.2) is 30.5 Å². The van der Waals surface area contributed by atoms with Crippen molar-refractivity contribution in [2.75, 3.05) is 10.6 Å². The summed E-state index contributed by atoms with van der Waals surface area (Å²) in [4.78, 5) is 11.8. The summed E-state index contributed by atoms with van der Waals surface area (Å²) in [7, 11) is 1.66. The summed E-state index contributed by atoms with van der Waals surface area (Å²) >= 11 is 5.92. The summed E-state index contributed by atoms with van der Waals surface area (Å²) in [6.45, 7) is 0. The van der Waals surface area contributed by atoms with Gasteiger partial charge in [-0.2, -0.15) is 10.4 Å². The third-order valence-electron chi connectivity index (χ3n) is 2.30. The smallest absolute Gasteiger partial charge is 0.306 e. The molecule has 0 unspecified atom stereocenters. The molecule has 0 fully saturated rings. The molecule has 0 aliphatic heterocycles. The van der Waals surface area contributed by atoms with Gasteiger partial charge < -0.3 is 5.32 Å². The van der Waals surface area contributed by atoms with Crippen molar-refractivity contribution in [3.63, 3.8) is 0 Å². The molecule has 0 spiro atoms. The molecule has 6 nitrogen and oxygen atoms in total. The van der Waals surface area contributed by atoms with Crippen molar-refractivity contribution < 1.29 is 4.79 Å². The number of carbonyl (C=O) groups excluding carboxylic acids is 1. The van der Waals surface area contributed by atoms with Crippen LogP contribution in [-0.2, 0) is 7.05 Å². The second-order valence-electron chi connectivity index (χ2n) is 3.74. The number of nitrogens with zero attached hydrogens (tertiary/aromatic N) is 3. The number of anilines is 2. The fraction of sp³-hybridized carbons (Fsp3) is 0.0833. The molecule has 96 valence electrons. The maximum atomic E-state index is 11.8. The van der Waals surface area contributed by atoms with Crippen LogP contribution >= 0.6 is 11.6 Å². The van der Waals surface area contributed by atoms with E-state index in [1.165, 1.54) is 10.9 Å². The van der Waals surface area contributed by atoms with Crippen molar-refractivity contribution in [1.29, 1.82) is 5.26 Å². The molecule has 2 amide bonds. The molecule has 0 saturated heterocycles. The Morgan fingerprint density at radius 3 is 2.84 bits per heavy atom. The van der Waals surface area contributed by atoms with E-state index in [1.807, 2.05) is 6.07 Å². The van der Waals surface area contributed by atoms with E-state index in [4.69, 9.17) is 16.9 Å². The number of para-hydroxylation sites is 1. The predicted molar refractivity (Wildman–Crippen MR) is 72.0 cm³/mol. The number of nitriles is 1. The molecular weight excluding hydrogens is 266 g/mol. The van der Waals surface area contributed by atoms with E-state index in [-0.39, 0.29) is 11.4 Å². The van der Waals surface area contributed by atoms with Crippen LogP contribution in [0, 0.1) is 11.3 Å². The Morgan fingerprint density at radius 2 is 2.16 bits per heavy atom. The van der Waals surface area contributed by atoms with Crippen molar-refractivity contribution in [3.05, 3.63) is 41.0 Å². The number of halogens is 1. The molecule has 0 radical (unpaired) electrons. The molecule has 7 heteroatoms. The molecule has 0 aliphatic carbocycles. The Morgan fingerprint density at radius 1 is 1.42 bits per heavy atom. The van der Waals surface area contributed by atoms with Crippen LogP contribution in [0.1, 0.15) is 5.56 Å². The molecule has 1 aromatic heterocycles. The first-order chi connectivity index (χ1) is 9.10. The van der Waals surface area contributed by atoms with Crippen LogP contribution in [0.25, 0.3) is 0 Å². The first-order valence-corrected chi connectivity index (χ1v) is 5.74. The standard InChI is InChI=1S/C12H10ClN5O/c1-18-7-8(6-14)11(17-18)16-12(19)15-10-5-3-2-4-9(10)13/h2-5,7H,1H3,(H2,15,16,17,19). The highest BCUT2D eigenvalue weighted by Gasteiger charge is 2.11. The highest BCUT2D eigenvalue weighted by Crippen LogP contribution is 2.20. The van der Waals surface area contributed by atoms with Crippen LogP contribution in [0.4, 0.5) is 16.3 Å². The van der Waals surface area contributed by atoms with E-state index in [0.29, 0.717) is 10.7 Å². The number of nitrogens with one attached hydrogen (secondary N) is 2. The highest BCUT2D eigenvalue weighted by molar-refractivity contribution is 6.33. The molecule has 0 saturated carbocycles. The number of hydrogen-bond donors (Lipinski definition) is 2. The number of urea groups is 1. The predicted octanol–water partition coefficient (Wildman–Crippen LogP) is 2.59. The third kappa shape index (κ3) is 3.03. The Hall–Kier alpha value is -2.52. The SMILES string of the molecule is Cn1cc(C#N)c(NC(=O)Nc2ccccc2Cl)n1. The summed E-state index contributed by atoms with van der Waals surface area (Å²) < 4.78 is 1.45. The average molecular weight is 276 g/mol. The van der Waals surface area contributed by atoms with E-state index in [1.54, 1.807) is 31.3 Å². The largest absolute Gasteiger partial charge is 0.324 e. The first-order valence-electron chi connectivity index (χ1n) is 5.36. The lowest BCUT2D eigenvalue weighted by Crippen LogP contribution is -2.20. The van der Waals surface area contributed by atoms with E-state index in [0.717, 1.165) is 0 Å². The normalized spacial score (nSPS) is 9.74. The van der Waals surface area contributed by atoms with Gasteiger partial charge >= 0.3 is 6.03 Å². The number of carbonyl (C=O) groups is 1. The zero-order valence-corrected chi connectivity index (χ0v) is 10.8. The highest BCUT2D eigenvalue weighted by atomic mass is 35.5. The Labute approximate surface area is 114 Å². The van der Waals surface area contributed by atoms with Crippen LogP contribution in [0.2, 0.25) is 5.02 Å². The first kappa shape index (κ1) is 12.9. The molecule has 2 aromatic rings. The van der Waals surface area contributed by atoms with Gasteiger partial charge in [0.2, 0.25) is 0 Å². The molecule has 1 aromatic carbocycles. The number of hydrogen-bond acceptors (Lipinski definition) is 3. The lowest BCUT2D eigenvalue weighted by molar-refractivity contribution is 0.262. The van der Waals surface area contributed by atoms with Crippen LogP contribution in [0.5, 0.6) is 0 Å². The summed E-state index contributed by atoms with van der Waals surface area (Å²) in [5.41, 5.74) is 0.771. The van der Waals surface area contributed by atoms with Gasteiger partial charge in [0, 0.05) is 13.2 Å². The maximum Gasteiger partial charge on any atom is 0.324 e. The van der Waals surface area contributed by atoms with Gasteiger partial charge in [0.15, 0.2) is 5.82 Å². The van der Waals surface area contributed by atoms with Gasteiger partial charge in [0.1, 0.15) is 11.6 Å². The number of aryl methyl sites for hydroxylation is 1.